The maximum Gasteiger partial charge on any atom is 0.243 e. The van der Waals surface area contributed by atoms with Gasteiger partial charge in [-0.15, -0.1) is 0 Å². The van der Waals surface area contributed by atoms with Crippen LogP contribution in [0.4, 0.5) is 5.95 Å². The molecule has 1 saturated heterocycles. The van der Waals surface area contributed by atoms with Gasteiger partial charge in [0.1, 0.15) is 0 Å². The van der Waals surface area contributed by atoms with Gasteiger partial charge in [-0.3, -0.25) is 15.0 Å². The van der Waals surface area contributed by atoms with E-state index in [0.717, 1.165) is 39.0 Å². The van der Waals surface area contributed by atoms with Crippen molar-refractivity contribution in [3.8, 4) is 0 Å². The zero-order valence-corrected chi connectivity index (χ0v) is 14.9. The lowest BCUT2D eigenvalue weighted by molar-refractivity contribution is -0.120. The number of nitrogens with one attached hydrogen (secondary N) is 1. The van der Waals surface area contributed by atoms with Crippen LogP contribution in [0.2, 0.25) is 0 Å². The van der Waals surface area contributed by atoms with E-state index in [9.17, 15) is 9.90 Å². The zero-order valence-electron chi connectivity index (χ0n) is 14.9. The van der Waals surface area contributed by atoms with E-state index in [4.69, 9.17) is 0 Å². The highest BCUT2D eigenvalue weighted by atomic mass is 16.3. The number of aromatic nitrogens is 2. The summed E-state index contributed by atoms with van der Waals surface area (Å²) in [4.78, 5) is 24.7. The van der Waals surface area contributed by atoms with Crippen LogP contribution in [-0.4, -0.2) is 76.2 Å². The van der Waals surface area contributed by atoms with E-state index >= 15 is 0 Å². The lowest BCUT2D eigenvalue weighted by atomic mass is 9.95. The minimum atomic E-state index is -0.270. The fourth-order valence-electron chi connectivity index (χ4n) is 3.07. The van der Waals surface area contributed by atoms with Gasteiger partial charge in [0.15, 0.2) is 0 Å². The van der Waals surface area contributed by atoms with E-state index in [1.54, 1.807) is 18.5 Å². The van der Waals surface area contributed by atoms with E-state index in [0.29, 0.717) is 11.9 Å². The molecule has 2 atom stereocenters. The van der Waals surface area contributed by atoms with Crippen LogP contribution in [0.25, 0.3) is 0 Å². The number of β-amino-alcohol motifs (C(OH)–C–C–N with tert-alkyl or cyclic N) is 1. The molecule has 0 bridgehead atoms. The molecule has 1 amide bonds. The van der Waals surface area contributed by atoms with E-state index in [-0.39, 0.29) is 18.1 Å². The van der Waals surface area contributed by atoms with Gasteiger partial charge in [0, 0.05) is 25.5 Å². The quantitative estimate of drug-likeness (QED) is 0.768. The third kappa shape index (κ3) is 5.81. The van der Waals surface area contributed by atoms with Crippen LogP contribution in [0, 0.1) is 5.92 Å². The Bertz CT molecular complexity index is 503. The van der Waals surface area contributed by atoms with Crippen molar-refractivity contribution < 1.29 is 9.90 Å². The lowest BCUT2D eigenvalue weighted by Gasteiger charge is -2.35. The summed E-state index contributed by atoms with van der Waals surface area (Å²) in [6.07, 6.45) is 5.16. The maximum absolute atomic E-state index is 12.3. The summed E-state index contributed by atoms with van der Waals surface area (Å²) < 4.78 is 0. The first kappa shape index (κ1) is 18.8. The van der Waals surface area contributed by atoms with Crippen molar-refractivity contribution in [2.75, 3.05) is 38.5 Å². The number of carbonyl (C=O) groups is 1. The molecule has 0 unspecified atom stereocenters. The summed E-state index contributed by atoms with van der Waals surface area (Å²) in [6.45, 7) is 7.41. The third-order valence-electron chi connectivity index (χ3n) is 4.62. The van der Waals surface area contributed by atoms with Crippen molar-refractivity contribution in [3.63, 3.8) is 0 Å². The highest BCUT2D eigenvalue weighted by molar-refractivity contribution is 5.92. The number of aliphatic hydroxyl groups excluding tert-OH is 1. The SMILES string of the molecule is C[C@H](O)CN1CCC(CN(C)[C@H](C)C(=O)Nc2ncccn2)CC1. The summed E-state index contributed by atoms with van der Waals surface area (Å²) in [5, 5.41) is 12.2. The van der Waals surface area contributed by atoms with Gasteiger partial charge in [0.2, 0.25) is 11.9 Å². The summed E-state index contributed by atoms with van der Waals surface area (Å²) in [7, 11) is 1.98. The molecule has 2 N–H and O–H groups in total. The minimum absolute atomic E-state index is 0.0877. The van der Waals surface area contributed by atoms with Gasteiger partial charge >= 0.3 is 0 Å². The van der Waals surface area contributed by atoms with Gasteiger partial charge in [-0.25, -0.2) is 9.97 Å². The molecule has 1 fully saturated rings. The van der Waals surface area contributed by atoms with Crippen molar-refractivity contribution in [1.29, 1.82) is 0 Å². The molecule has 1 aromatic heterocycles. The average molecular weight is 335 g/mol. The predicted molar refractivity (Wildman–Crippen MR) is 93.6 cm³/mol. The van der Waals surface area contributed by atoms with E-state index < -0.39 is 0 Å². The summed E-state index contributed by atoms with van der Waals surface area (Å²) >= 11 is 0. The molecular formula is C17H29N5O2. The van der Waals surface area contributed by atoms with Gasteiger partial charge < -0.3 is 10.0 Å². The maximum atomic E-state index is 12.3. The molecule has 0 aliphatic carbocycles. The molecule has 2 heterocycles. The molecule has 24 heavy (non-hydrogen) atoms. The van der Waals surface area contributed by atoms with Crippen LogP contribution in [0.5, 0.6) is 0 Å². The monoisotopic (exact) mass is 335 g/mol. The van der Waals surface area contributed by atoms with E-state index in [1.165, 1.54) is 0 Å². The highest BCUT2D eigenvalue weighted by Crippen LogP contribution is 2.19. The average Bonchev–Trinajstić information content (AvgIpc) is 2.56. The second-order valence-corrected chi connectivity index (χ2v) is 6.77. The van der Waals surface area contributed by atoms with Gasteiger partial charge in [0.05, 0.1) is 12.1 Å². The lowest BCUT2D eigenvalue weighted by Crippen LogP contribution is -2.45. The molecule has 7 nitrogen and oxygen atoms in total. The second-order valence-electron chi connectivity index (χ2n) is 6.77. The number of carbonyl (C=O) groups excluding carboxylic acids is 1. The molecule has 0 aromatic carbocycles. The Hall–Kier alpha value is -1.57. The Morgan fingerprint density at radius 1 is 1.38 bits per heavy atom. The number of rotatable bonds is 7. The fourth-order valence-corrected chi connectivity index (χ4v) is 3.07. The second kappa shape index (κ2) is 9.05. The van der Waals surface area contributed by atoms with Crippen molar-refractivity contribution in [1.82, 2.24) is 19.8 Å². The van der Waals surface area contributed by atoms with Gasteiger partial charge in [-0.1, -0.05) is 0 Å². The Kier molecular flexibility index (Phi) is 7.08. The molecule has 0 radical (unpaired) electrons. The molecule has 1 aliphatic rings. The van der Waals surface area contributed by atoms with Gasteiger partial charge in [-0.2, -0.15) is 0 Å². The number of likely N-dealkylation sites (tertiary alicyclic amines) is 1. The van der Waals surface area contributed by atoms with Crippen molar-refractivity contribution in [3.05, 3.63) is 18.5 Å². The van der Waals surface area contributed by atoms with Gasteiger partial charge in [-0.05, 0) is 58.8 Å². The number of anilines is 1. The first-order chi connectivity index (χ1) is 11.5. The highest BCUT2D eigenvalue weighted by Gasteiger charge is 2.25. The summed E-state index contributed by atoms with van der Waals surface area (Å²) in [5.41, 5.74) is 0. The zero-order chi connectivity index (χ0) is 17.5. The number of nitrogens with zero attached hydrogens (tertiary/aromatic N) is 4. The fraction of sp³-hybridized carbons (Fsp3) is 0.706. The Morgan fingerprint density at radius 3 is 2.58 bits per heavy atom. The van der Waals surface area contributed by atoms with Crippen LogP contribution in [0.1, 0.15) is 26.7 Å². The third-order valence-corrected chi connectivity index (χ3v) is 4.62. The molecule has 0 saturated carbocycles. The van der Waals surface area contributed by atoms with Crippen LogP contribution in [-0.2, 0) is 4.79 Å². The number of aliphatic hydroxyl groups is 1. The molecule has 0 spiro atoms. The van der Waals surface area contributed by atoms with E-state index in [1.807, 2.05) is 20.9 Å². The first-order valence-corrected chi connectivity index (χ1v) is 8.64. The molecule has 1 aromatic rings. The van der Waals surface area contributed by atoms with Crippen molar-refractivity contribution in [2.24, 2.45) is 5.92 Å². The number of amides is 1. The number of piperidine rings is 1. The molecule has 7 heteroatoms. The van der Waals surface area contributed by atoms with Crippen LogP contribution in [0.15, 0.2) is 18.5 Å². The standard InChI is InChI=1S/C17H29N5O2/c1-13(23)11-22-9-5-15(6-10-22)12-21(3)14(2)16(24)20-17-18-7-4-8-19-17/h4,7-8,13-15,23H,5-6,9-12H2,1-3H3,(H,18,19,20,24)/t13-,14+/m0/s1. The number of hydrogen-bond donors (Lipinski definition) is 2. The number of hydrogen-bond acceptors (Lipinski definition) is 6. The molecule has 2 rings (SSSR count). The topological polar surface area (TPSA) is 81.6 Å². The Morgan fingerprint density at radius 2 is 2.00 bits per heavy atom. The molecular weight excluding hydrogens is 306 g/mol. The van der Waals surface area contributed by atoms with Crippen LogP contribution >= 0.6 is 0 Å². The molecule has 1 aliphatic heterocycles. The largest absolute Gasteiger partial charge is 0.392 e. The summed E-state index contributed by atoms with van der Waals surface area (Å²) in [6, 6.07) is 1.49. The van der Waals surface area contributed by atoms with Crippen molar-refractivity contribution >= 4 is 11.9 Å². The predicted octanol–water partition coefficient (Wildman–Crippen LogP) is 0.828. The Balaban J connectivity index is 1.75. The minimum Gasteiger partial charge on any atom is -0.392 e. The number of likely N-dealkylation sites (N-methyl/N-ethyl adjacent to an activating group) is 1. The normalized spacial score (nSPS) is 19.2. The smallest absolute Gasteiger partial charge is 0.243 e. The van der Waals surface area contributed by atoms with Crippen LogP contribution in [0.3, 0.4) is 0 Å². The Labute approximate surface area is 144 Å². The van der Waals surface area contributed by atoms with E-state index in [2.05, 4.69) is 25.1 Å². The van der Waals surface area contributed by atoms with Crippen LogP contribution < -0.4 is 5.32 Å². The molecule has 134 valence electrons. The van der Waals surface area contributed by atoms with Gasteiger partial charge in [0.25, 0.3) is 0 Å². The van der Waals surface area contributed by atoms with Crippen molar-refractivity contribution in [2.45, 2.75) is 38.8 Å². The summed E-state index contributed by atoms with van der Waals surface area (Å²) in [5.74, 6) is 0.841. The first-order valence-electron chi connectivity index (χ1n) is 8.64.